The number of benzene rings is 1. The third-order valence-corrected chi connectivity index (χ3v) is 4.82. The summed E-state index contributed by atoms with van der Waals surface area (Å²) in [6, 6.07) is 10.8. The number of aryl methyl sites for hydroxylation is 3. The fourth-order valence-electron chi connectivity index (χ4n) is 3.32. The Hall–Kier alpha value is -3.81. The molecule has 0 radical (unpaired) electrons. The highest BCUT2D eigenvalue weighted by Gasteiger charge is 2.18. The molecule has 1 N–H and O–H groups in total. The number of fused-ring (bicyclic) bond motifs is 1. The SMILES string of the molecule is CCn1cc(C(=O)Nc2ccccc2Cc2nc(C)no2)c(=O)c2ccc(C)nc21. The van der Waals surface area contributed by atoms with Crippen LogP contribution in [-0.2, 0) is 13.0 Å². The van der Waals surface area contributed by atoms with Crippen LogP contribution < -0.4 is 10.7 Å². The van der Waals surface area contributed by atoms with E-state index in [1.165, 1.54) is 0 Å². The first-order valence-electron chi connectivity index (χ1n) is 9.65. The number of carbonyl (C=O) groups is 1. The van der Waals surface area contributed by atoms with Crippen molar-refractivity contribution in [1.29, 1.82) is 0 Å². The van der Waals surface area contributed by atoms with Crippen molar-refractivity contribution < 1.29 is 9.32 Å². The Morgan fingerprint density at radius 2 is 1.93 bits per heavy atom. The lowest BCUT2D eigenvalue weighted by Crippen LogP contribution is -2.24. The van der Waals surface area contributed by atoms with Crippen molar-refractivity contribution in [3.05, 3.63) is 81.4 Å². The summed E-state index contributed by atoms with van der Waals surface area (Å²) in [5.41, 5.74) is 2.51. The lowest BCUT2D eigenvalue weighted by atomic mass is 10.1. The molecule has 3 heterocycles. The molecule has 0 saturated heterocycles. The molecule has 0 fully saturated rings. The van der Waals surface area contributed by atoms with Crippen LogP contribution in [0, 0.1) is 13.8 Å². The monoisotopic (exact) mass is 403 g/mol. The van der Waals surface area contributed by atoms with Crippen molar-refractivity contribution in [2.24, 2.45) is 0 Å². The first kappa shape index (κ1) is 19.5. The van der Waals surface area contributed by atoms with Gasteiger partial charge in [0, 0.05) is 24.1 Å². The average Bonchev–Trinajstić information content (AvgIpc) is 3.14. The van der Waals surface area contributed by atoms with Crippen LogP contribution in [0.2, 0.25) is 0 Å². The summed E-state index contributed by atoms with van der Waals surface area (Å²) in [4.78, 5) is 34.7. The van der Waals surface area contributed by atoms with Gasteiger partial charge in [-0.1, -0.05) is 23.4 Å². The molecule has 0 saturated carbocycles. The maximum absolute atomic E-state index is 13.0. The van der Waals surface area contributed by atoms with E-state index in [1.54, 1.807) is 31.3 Å². The number of para-hydroxylation sites is 1. The van der Waals surface area contributed by atoms with Crippen LogP contribution in [0.25, 0.3) is 11.0 Å². The van der Waals surface area contributed by atoms with E-state index in [9.17, 15) is 9.59 Å². The number of amides is 1. The minimum absolute atomic E-state index is 0.0680. The van der Waals surface area contributed by atoms with Crippen LogP contribution in [0.4, 0.5) is 5.69 Å². The third kappa shape index (κ3) is 3.71. The molecule has 0 atom stereocenters. The summed E-state index contributed by atoms with van der Waals surface area (Å²) in [6.07, 6.45) is 1.94. The summed E-state index contributed by atoms with van der Waals surface area (Å²) < 4.78 is 7.00. The Kier molecular flexibility index (Phi) is 5.14. The lowest BCUT2D eigenvalue weighted by molar-refractivity contribution is 0.102. The number of rotatable bonds is 5. The molecule has 3 aromatic heterocycles. The molecule has 4 aromatic rings. The van der Waals surface area contributed by atoms with Gasteiger partial charge in [0.1, 0.15) is 11.2 Å². The number of nitrogens with zero attached hydrogens (tertiary/aromatic N) is 4. The Morgan fingerprint density at radius 3 is 2.67 bits per heavy atom. The van der Waals surface area contributed by atoms with E-state index in [1.807, 2.05) is 36.6 Å². The number of nitrogens with one attached hydrogen (secondary N) is 1. The van der Waals surface area contributed by atoms with Gasteiger partial charge in [-0.05, 0) is 44.5 Å². The maximum Gasteiger partial charge on any atom is 0.261 e. The van der Waals surface area contributed by atoms with Gasteiger partial charge in [0.05, 0.1) is 11.8 Å². The fraction of sp³-hybridized carbons (Fsp3) is 0.227. The van der Waals surface area contributed by atoms with Crippen molar-refractivity contribution in [2.45, 2.75) is 33.7 Å². The van der Waals surface area contributed by atoms with Crippen molar-refractivity contribution in [3.8, 4) is 0 Å². The molecule has 4 rings (SSSR count). The van der Waals surface area contributed by atoms with Gasteiger partial charge >= 0.3 is 0 Å². The van der Waals surface area contributed by atoms with Crippen LogP contribution in [0.3, 0.4) is 0 Å². The molecule has 8 heteroatoms. The normalized spacial score (nSPS) is 11.0. The molecule has 0 aliphatic heterocycles. The number of pyridine rings is 2. The standard InChI is InChI=1S/C22H21N5O3/c1-4-27-12-17(20(28)16-10-9-13(2)23-21(16)27)22(29)25-18-8-6-5-7-15(18)11-19-24-14(3)26-30-19/h5-10,12H,4,11H2,1-3H3,(H,25,29). The summed E-state index contributed by atoms with van der Waals surface area (Å²) >= 11 is 0. The zero-order valence-electron chi connectivity index (χ0n) is 17.0. The number of anilines is 1. The summed E-state index contributed by atoms with van der Waals surface area (Å²) in [6.45, 7) is 6.14. The third-order valence-electron chi connectivity index (χ3n) is 4.82. The van der Waals surface area contributed by atoms with Gasteiger partial charge in [-0.25, -0.2) is 4.98 Å². The number of hydrogen-bond acceptors (Lipinski definition) is 6. The number of carbonyl (C=O) groups excluding carboxylic acids is 1. The maximum atomic E-state index is 13.0. The Labute approximate surface area is 172 Å². The Morgan fingerprint density at radius 1 is 1.13 bits per heavy atom. The molecule has 1 amide bonds. The Balaban J connectivity index is 1.70. The van der Waals surface area contributed by atoms with Gasteiger partial charge in [-0.15, -0.1) is 0 Å². The van der Waals surface area contributed by atoms with Crippen molar-refractivity contribution in [1.82, 2.24) is 19.7 Å². The van der Waals surface area contributed by atoms with E-state index >= 15 is 0 Å². The van der Waals surface area contributed by atoms with Gasteiger partial charge in [-0.3, -0.25) is 9.59 Å². The van der Waals surface area contributed by atoms with Gasteiger partial charge in [-0.2, -0.15) is 4.98 Å². The highest BCUT2D eigenvalue weighted by Crippen LogP contribution is 2.20. The van der Waals surface area contributed by atoms with Crippen LogP contribution in [0.1, 0.15) is 40.3 Å². The van der Waals surface area contributed by atoms with E-state index in [4.69, 9.17) is 4.52 Å². The van der Waals surface area contributed by atoms with E-state index in [-0.39, 0.29) is 11.0 Å². The highest BCUT2D eigenvalue weighted by molar-refractivity contribution is 6.06. The average molecular weight is 403 g/mol. The summed E-state index contributed by atoms with van der Waals surface area (Å²) in [7, 11) is 0. The van der Waals surface area contributed by atoms with E-state index in [2.05, 4.69) is 20.4 Å². The molecule has 0 unspecified atom stereocenters. The smallest absolute Gasteiger partial charge is 0.261 e. The predicted molar refractivity (Wildman–Crippen MR) is 113 cm³/mol. The van der Waals surface area contributed by atoms with Gasteiger partial charge < -0.3 is 14.4 Å². The molecule has 0 aliphatic rings. The van der Waals surface area contributed by atoms with Crippen molar-refractivity contribution in [3.63, 3.8) is 0 Å². The lowest BCUT2D eigenvalue weighted by Gasteiger charge is -2.13. The van der Waals surface area contributed by atoms with Crippen LogP contribution >= 0.6 is 0 Å². The quantitative estimate of drug-likeness (QED) is 0.549. The fourth-order valence-corrected chi connectivity index (χ4v) is 3.32. The topological polar surface area (TPSA) is 103 Å². The molecule has 1 aromatic carbocycles. The zero-order valence-corrected chi connectivity index (χ0v) is 17.0. The molecule has 0 bridgehead atoms. The number of hydrogen-bond donors (Lipinski definition) is 1. The van der Waals surface area contributed by atoms with Crippen molar-refractivity contribution in [2.75, 3.05) is 5.32 Å². The second-order valence-corrected chi connectivity index (χ2v) is 7.01. The summed E-state index contributed by atoms with van der Waals surface area (Å²) in [5, 5.41) is 7.07. The molecule has 152 valence electrons. The van der Waals surface area contributed by atoms with E-state index in [0.29, 0.717) is 41.4 Å². The van der Waals surface area contributed by atoms with E-state index < -0.39 is 5.91 Å². The first-order chi connectivity index (χ1) is 14.5. The summed E-state index contributed by atoms with van der Waals surface area (Å²) in [5.74, 6) is 0.528. The van der Waals surface area contributed by atoms with Gasteiger partial charge in [0.15, 0.2) is 5.82 Å². The molecule has 0 spiro atoms. The number of aromatic nitrogens is 4. The second-order valence-electron chi connectivity index (χ2n) is 7.01. The predicted octanol–water partition coefficient (Wildman–Crippen LogP) is 3.26. The highest BCUT2D eigenvalue weighted by atomic mass is 16.5. The minimum Gasteiger partial charge on any atom is -0.339 e. The van der Waals surface area contributed by atoms with Gasteiger partial charge in [0.2, 0.25) is 11.3 Å². The minimum atomic E-state index is -0.473. The molecule has 30 heavy (non-hydrogen) atoms. The zero-order chi connectivity index (χ0) is 21.3. The van der Waals surface area contributed by atoms with Crippen molar-refractivity contribution >= 4 is 22.6 Å². The Bertz CT molecular complexity index is 1310. The van der Waals surface area contributed by atoms with Crippen LogP contribution in [0.5, 0.6) is 0 Å². The first-order valence-corrected chi connectivity index (χ1v) is 9.65. The van der Waals surface area contributed by atoms with Gasteiger partial charge in [0.25, 0.3) is 5.91 Å². The molecular weight excluding hydrogens is 382 g/mol. The van der Waals surface area contributed by atoms with Crippen LogP contribution in [0.15, 0.2) is 51.9 Å². The largest absolute Gasteiger partial charge is 0.339 e. The second kappa shape index (κ2) is 7.90. The molecule has 8 nitrogen and oxygen atoms in total. The molecule has 0 aliphatic carbocycles. The van der Waals surface area contributed by atoms with Crippen LogP contribution in [-0.4, -0.2) is 25.6 Å². The molecular formula is C22H21N5O3. The van der Waals surface area contributed by atoms with E-state index in [0.717, 1.165) is 11.3 Å².